The van der Waals surface area contributed by atoms with Crippen molar-refractivity contribution in [2.45, 2.75) is 37.8 Å². The molecule has 3 heteroatoms. The summed E-state index contributed by atoms with van der Waals surface area (Å²) in [5.41, 5.74) is 7.63. The Labute approximate surface area is 102 Å². The monoisotopic (exact) mass is 237 g/mol. The molecule has 0 spiro atoms. The number of methoxy groups -OCH3 is 1. The van der Waals surface area contributed by atoms with Crippen LogP contribution in [0.4, 0.5) is 4.39 Å². The number of hydrogen-bond acceptors (Lipinski definition) is 2. The average molecular weight is 237 g/mol. The molecule has 1 aliphatic rings. The molecule has 0 aliphatic heterocycles. The van der Waals surface area contributed by atoms with Crippen molar-refractivity contribution in [2.75, 3.05) is 13.7 Å². The Bertz CT molecular complexity index is 364. The molecule has 0 atom stereocenters. The smallest absolute Gasteiger partial charge is 0.123 e. The highest BCUT2D eigenvalue weighted by molar-refractivity contribution is 5.46. The van der Waals surface area contributed by atoms with Crippen LogP contribution in [0.2, 0.25) is 0 Å². The van der Waals surface area contributed by atoms with Gasteiger partial charge in [0.05, 0.1) is 7.11 Å². The minimum Gasteiger partial charge on any atom is -0.496 e. The molecule has 0 bridgehead atoms. The first kappa shape index (κ1) is 12.4. The summed E-state index contributed by atoms with van der Waals surface area (Å²) in [6.45, 7) is 0.120. The summed E-state index contributed by atoms with van der Waals surface area (Å²) in [6.07, 6.45) is 4.41. The summed E-state index contributed by atoms with van der Waals surface area (Å²) in [5, 5.41) is 0. The molecule has 0 aromatic heterocycles. The van der Waals surface area contributed by atoms with Crippen molar-refractivity contribution >= 4 is 0 Å². The Morgan fingerprint density at radius 1 is 1.35 bits per heavy atom. The van der Waals surface area contributed by atoms with Gasteiger partial charge in [-0.05, 0) is 24.5 Å². The Morgan fingerprint density at radius 3 is 2.59 bits per heavy atom. The van der Waals surface area contributed by atoms with Crippen molar-refractivity contribution in [3.8, 4) is 5.75 Å². The van der Waals surface area contributed by atoms with Crippen molar-refractivity contribution in [1.82, 2.24) is 0 Å². The molecule has 1 aromatic rings. The van der Waals surface area contributed by atoms with Gasteiger partial charge in [-0.3, -0.25) is 0 Å². The number of ether oxygens (including phenoxy) is 1. The molecule has 1 fully saturated rings. The number of benzene rings is 1. The molecule has 0 radical (unpaired) electrons. The first-order chi connectivity index (χ1) is 8.27. The lowest BCUT2D eigenvalue weighted by atomic mass is 9.76. The average Bonchev–Trinajstić information content (AvgIpc) is 2.87. The molecule has 1 aromatic carbocycles. The third kappa shape index (κ3) is 2.04. The molecule has 1 aliphatic carbocycles. The van der Waals surface area contributed by atoms with Crippen LogP contribution in [0.5, 0.6) is 5.75 Å². The quantitative estimate of drug-likeness (QED) is 0.873. The van der Waals surface area contributed by atoms with Crippen LogP contribution in [0.25, 0.3) is 0 Å². The van der Waals surface area contributed by atoms with Gasteiger partial charge >= 0.3 is 0 Å². The van der Waals surface area contributed by atoms with Gasteiger partial charge in [0.15, 0.2) is 0 Å². The van der Waals surface area contributed by atoms with Crippen molar-refractivity contribution in [1.29, 1.82) is 0 Å². The lowest BCUT2D eigenvalue weighted by molar-refractivity contribution is 0.369. The standard InChI is InChI=1S/C14H20FNO/c1-17-12-6-4-5-11(9-15)13(12)14(10-16)7-2-3-8-14/h4-6H,2-3,7-10,16H2,1H3. The van der Waals surface area contributed by atoms with Crippen LogP contribution >= 0.6 is 0 Å². The fourth-order valence-electron chi connectivity index (χ4n) is 3.07. The van der Waals surface area contributed by atoms with Crippen LogP contribution in [-0.2, 0) is 12.1 Å². The number of nitrogens with two attached hydrogens (primary N) is 1. The van der Waals surface area contributed by atoms with Crippen molar-refractivity contribution in [3.63, 3.8) is 0 Å². The van der Waals surface area contributed by atoms with E-state index in [0.717, 1.165) is 29.7 Å². The van der Waals surface area contributed by atoms with E-state index < -0.39 is 6.67 Å². The fraction of sp³-hybridized carbons (Fsp3) is 0.571. The summed E-state index contributed by atoms with van der Waals surface area (Å²) in [5.74, 6) is 0.785. The summed E-state index contributed by atoms with van der Waals surface area (Å²) >= 11 is 0. The van der Waals surface area contributed by atoms with Gasteiger partial charge in [-0.15, -0.1) is 0 Å². The third-order valence-electron chi connectivity index (χ3n) is 3.96. The SMILES string of the molecule is COc1cccc(CF)c1C1(CN)CCCC1. The second-order valence-electron chi connectivity index (χ2n) is 4.82. The minimum atomic E-state index is -0.450. The van der Waals surface area contributed by atoms with Gasteiger partial charge < -0.3 is 10.5 Å². The topological polar surface area (TPSA) is 35.2 Å². The van der Waals surface area contributed by atoms with E-state index in [0.29, 0.717) is 6.54 Å². The highest BCUT2D eigenvalue weighted by Crippen LogP contribution is 2.45. The maximum atomic E-state index is 13.2. The normalized spacial score (nSPS) is 18.3. The lowest BCUT2D eigenvalue weighted by Crippen LogP contribution is -2.33. The Balaban J connectivity index is 2.54. The molecular weight excluding hydrogens is 217 g/mol. The number of hydrogen-bond donors (Lipinski definition) is 1. The van der Waals surface area contributed by atoms with Crippen LogP contribution in [0.3, 0.4) is 0 Å². The van der Waals surface area contributed by atoms with Crippen molar-refractivity contribution in [3.05, 3.63) is 29.3 Å². The molecule has 0 unspecified atom stereocenters. The minimum absolute atomic E-state index is 0.0754. The van der Waals surface area contributed by atoms with E-state index in [-0.39, 0.29) is 5.41 Å². The Hall–Kier alpha value is -1.09. The van der Waals surface area contributed by atoms with Crippen LogP contribution in [0, 0.1) is 0 Å². The molecule has 0 saturated heterocycles. The predicted molar refractivity (Wildman–Crippen MR) is 67.0 cm³/mol. The van der Waals surface area contributed by atoms with E-state index in [1.54, 1.807) is 7.11 Å². The highest BCUT2D eigenvalue weighted by Gasteiger charge is 2.38. The van der Waals surface area contributed by atoms with Gasteiger partial charge in [0, 0.05) is 17.5 Å². The van der Waals surface area contributed by atoms with E-state index in [4.69, 9.17) is 10.5 Å². The first-order valence-electron chi connectivity index (χ1n) is 6.20. The molecule has 0 heterocycles. The van der Waals surface area contributed by atoms with Gasteiger partial charge in [0.1, 0.15) is 12.4 Å². The zero-order chi connectivity index (χ0) is 12.3. The van der Waals surface area contributed by atoms with E-state index in [2.05, 4.69) is 0 Å². The first-order valence-corrected chi connectivity index (χ1v) is 6.20. The van der Waals surface area contributed by atoms with Gasteiger partial charge in [-0.25, -0.2) is 4.39 Å². The zero-order valence-electron chi connectivity index (χ0n) is 10.3. The highest BCUT2D eigenvalue weighted by atomic mass is 19.1. The van der Waals surface area contributed by atoms with Crippen molar-refractivity contribution in [2.24, 2.45) is 5.73 Å². The van der Waals surface area contributed by atoms with Crippen LogP contribution < -0.4 is 10.5 Å². The number of halogens is 1. The van der Waals surface area contributed by atoms with Crippen LogP contribution in [0.1, 0.15) is 36.8 Å². The zero-order valence-corrected chi connectivity index (χ0v) is 10.3. The number of rotatable bonds is 4. The Kier molecular flexibility index (Phi) is 3.67. The molecular formula is C14H20FNO. The van der Waals surface area contributed by atoms with Gasteiger partial charge in [0.2, 0.25) is 0 Å². The van der Waals surface area contributed by atoms with E-state index >= 15 is 0 Å². The largest absolute Gasteiger partial charge is 0.496 e. The third-order valence-corrected chi connectivity index (χ3v) is 3.96. The Morgan fingerprint density at radius 2 is 2.06 bits per heavy atom. The molecule has 0 amide bonds. The second kappa shape index (κ2) is 5.05. The summed E-state index contributed by atoms with van der Waals surface area (Å²) < 4.78 is 18.6. The fourth-order valence-corrected chi connectivity index (χ4v) is 3.07. The molecule has 94 valence electrons. The summed E-state index contributed by atoms with van der Waals surface area (Å²) in [7, 11) is 1.64. The molecule has 17 heavy (non-hydrogen) atoms. The number of alkyl halides is 1. The summed E-state index contributed by atoms with van der Waals surface area (Å²) in [4.78, 5) is 0. The molecule has 2 nitrogen and oxygen atoms in total. The lowest BCUT2D eigenvalue weighted by Gasteiger charge is -2.31. The molecule has 2 N–H and O–H groups in total. The maximum absolute atomic E-state index is 13.2. The molecule has 1 saturated carbocycles. The van der Waals surface area contributed by atoms with E-state index in [1.807, 2.05) is 18.2 Å². The van der Waals surface area contributed by atoms with E-state index in [1.165, 1.54) is 12.8 Å². The van der Waals surface area contributed by atoms with Gasteiger partial charge in [0.25, 0.3) is 0 Å². The summed E-state index contributed by atoms with van der Waals surface area (Å²) in [6, 6.07) is 5.59. The van der Waals surface area contributed by atoms with Crippen LogP contribution in [-0.4, -0.2) is 13.7 Å². The van der Waals surface area contributed by atoms with Gasteiger partial charge in [-0.2, -0.15) is 0 Å². The second-order valence-corrected chi connectivity index (χ2v) is 4.82. The van der Waals surface area contributed by atoms with Crippen LogP contribution in [0.15, 0.2) is 18.2 Å². The predicted octanol–water partition coefficient (Wildman–Crippen LogP) is 2.94. The van der Waals surface area contributed by atoms with Gasteiger partial charge in [-0.1, -0.05) is 25.0 Å². The molecule has 2 rings (SSSR count). The maximum Gasteiger partial charge on any atom is 0.123 e. The van der Waals surface area contributed by atoms with Crippen molar-refractivity contribution < 1.29 is 9.13 Å². The van der Waals surface area contributed by atoms with E-state index in [9.17, 15) is 4.39 Å².